The van der Waals surface area contributed by atoms with Crippen molar-refractivity contribution >= 4 is 23.5 Å². The van der Waals surface area contributed by atoms with Crippen LogP contribution in [-0.4, -0.2) is 34.3 Å². The first-order valence-corrected chi connectivity index (χ1v) is 10.0. The van der Waals surface area contributed by atoms with Crippen LogP contribution in [0.3, 0.4) is 0 Å². The molecule has 2 aromatic carbocycles. The lowest BCUT2D eigenvalue weighted by atomic mass is 9.73. The van der Waals surface area contributed by atoms with Crippen LogP contribution in [0.5, 0.6) is 0 Å². The number of hydrogen-bond acceptors (Lipinski definition) is 3. The van der Waals surface area contributed by atoms with E-state index >= 15 is 0 Å². The Morgan fingerprint density at radius 1 is 0.897 bits per heavy atom. The predicted molar refractivity (Wildman–Crippen MR) is 108 cm³/mol. The van der Waals surface area contributed by atoms with Crippen molar-refractivity contribution in [1.82, 2.24) is 4.90 Å². The fourth-order valence-electron chi connectivity index (χ4n) is 4.24. The average molecular weight is 392 g/mol. The third-order valence-electron chi connectivity index (χ3n) is 6.03. The Bertz CT molecular complexity index is 910. The molecule has 0 aromatic heterocycles. The van der Waals surface area contributed by atoms with E-state index in [1.165, 1.54) is 0 Å². The lowest BCUT2D eigenvalue weighted by molar-refractivity contribution is -0.151. The van der Waals surface area contributed by atoms with Gasteiger partial charge in [-0.2, -0.15) is 0 Å². The highest BCUT2D eigenvalue weighted by molar-refractivity contribution is 5.98. The van der Waals surface area contributed by atoms with Gasteiger partial charge < -0.3 is 15.3 Å². The molecule has 29 heavy (non-hydrogen) atoms. The Hall–Kier alpha value is -3.15. The normalized spacial score (nSPS) is 23.3. The van der Waals surface area contributed by atoms with E-state index in [-0.39, 0.29) is 17.9 Å². The molecule has 6 nitrogen and oxygen atoms in total. The number of aliphatic carboxylic acids is 1. The highest BCUT2D eigenvalue weighted by Crippen LogP contribution is 2.36. The maximum Gasteiger partial charge on any atom is 0.307 e. The van der Waals surface area contributed by atoms with Crippen LogP contribution in [-0.2, 0) is 9.59 Å². The molecule has 2 N–H and O–H groups in total. The van der Waals surface area contributed by atoms with Crippen LogP contribution in [0, 0.1) is 11.8 Å². The van der Waals surface area contributed by atoms with Crippen molar-refractivity contribution in [3.63, 3.8) is 0 Å². The summed E-state index contributed by atoms with van der Waals surface area (Å²) in [6.07, 6.45) is 3.07. The number of carbonyl (C=O) groups excluding carboxylic acids is 2. The number of benzene rings is 2. The minimum absolute atomic E-state index is 0.0147. The molecule has 4 rings (SSSR count). The molecule has 3 atom stereocenters. The van der Waals surface area contributed by atoms with Crippen molar-refractivity contribution in [3.05, 3.63) is 65.7 Å². The number of nitrogens with one attached hydrogen (secondary N) is 1. The first-order chi connectivity index (χ1) is 14.0. The van der Waals surface area contributed by atoms with Crippen LogP contribution < -0.4 is 5.32 Å². The van der Waals surface area contributed by atoms with Gasteiger partial charge in [0, 0.05) is 17.8 Å². The van der Waals surface area contributed by atoms with E-state index in [2.05, 4.69) is 17.4 Å². The molecule has 0 bridgehead atoms. The van der Waals surface area contributed by atoms with Gasteiger partial charge in [0.25, 0.3) is 5.91 Å². The predicted octanol–water partition coefficient (Wildman–Crippen LogP) is 3.71. The highest BCUT2D eigenvalue weighted by atomic mass is 16.4. The van der Waals surface area contributed by atoms with Crippen LogP contribution >= 0.6 is 0 Å². The molecule has 1 aliphatic heterocycles. The molecule has 1 heterocycles. The second kappa shape index (κ2) is 8.07. The van der Waals surface area contributed by atoms with Gasteiger partial charge in [0.05, 0.1) is 17.9 Å². The van der Waals surface area contributed by atoms with Crippen LogP contribution in [0.2, 0.25) is 0 Å². The summed E-state index contributed by atoms with van der Waals surface area (Å²) in [5.74, 6) is -2.28. The topological polar surface area (TPSA) is 86.7 Å². The van der Waals surface area contributed by atoms with Gasteiger partial charge in [-0.1, -0.05) is 30.3 Å². The van der Waals surface area contributed by atoms with Gasteiger partial charge in [-0.05, 0) is 55.5 Å². The average Bonchev–Trinajstić information content (AvgIpc) is 3.17. The molecule has 2 aromatic rings. The molecule has 2 amide bonds. The molecule has 2 fully saturated rings. The highest BCUT2D eigenvalue weighted by Gasteiger charge is 2.41. The van der Waals surface area contributed by atoms with E-state index < -0.39 is 17.8 Å². The number of carboxylic acid groups (broad SMARTS) is 1. The van der Waals surface area contributed by atoms with Crippen molar-refractivity contribution in [2.45, 2.75) is 31.7 Å². The molecular formula is C23H24N2O4. The molecule has 3 unspecified atom stereocenters. The number of carbonyl (C=O) groups is 3. The maximum absolute atomic E-state index is 13.0. The zero-order valence-electron chi connectivity index (χ0n) is 16.1. The van der Waals surface area contributed by atoms with E-state index in [1.807, 2.05) is 23.1 Å². The third-order valence-corrected chi connectivity index (χ3v) is 6.03. The van der Waals surface area contributed by atoms with E-state index in [9.17, 15) is 14.4 Å². The molecule has 0 spiro atoms. The quantitative estimate of drug-likeness (QED) is 0.812. The lowest BCUT2D eigenvalue weighted by Crippen LogP contribution is -2.41. The summed E-state index contributed by atoms with van der Waals surface area (Å²) in [5, 5.41) is 11.9. The van der Waals surface area contributed by atoms with E-state index in [4.69, 9.17) is 5.11 Å². The van der Waals surface area contributed by atoms with Crippen LogP contribution in [0.15, 0.2) is 54.6 Å². The molecule has 1 saturated heterocycles. The van der Waals surface area contributed by atoms with Crippen LogP contribution in [0.4, 0.5) is 5.69 Å². The Labute approximate surface area is 169 Å². The number of nitrogens with zero attached hydrogens (tertiary/aromatic N) is 1. The van der Waals surface area contributed by atoms with Crippen LogP contribution in [0.1, 0.15) is 47.6 Å². The number of rotatable bonds is 5. The Kier molecular flexibility index (Phi) is 5.34. The summed E-state index contributed by atoms with van der Waals surface area (Å²) in [5.41, 5.74) is 2.30. The zero-order valence-corrected chi connectivity index (χ0v) is 16.1. The summed E-state index contributed by atoms with van der Waals surface area (Å²) in [6.45, 7) is 0.731. The van der Waals surface area contributed by atoms with Crippen LogP contribution in [0.25, 0.3) is 0 Å². The number of likely N-dealkylation sites (tertiary alicyclic amines) is 1. The van der Waals surface area contributed by atoms with Gasteiger partial charge in [0.15, 0.2) is 0 Å². The van der Waals surface area contributed by atoms with E-state index in [1.54, 1.807) is 24.3 Å². The van der Waals surface area contributed by atoms with Gasteiger partial charge in [-0.25, -0.2) is 0 Å². The fourth-order valence-corrected chi connectivity index (χ4v) is 4.24. The van der Waals surface area contributed by atoms with Gasteiger partial charge in [0.1, 0.15) is 0 Å². The molecule has 0 radical (unpaired) electrons. The van der Waals surface area contributed by atoms with Gasteiger partial charge in [-0.3, -0.25) is 14.4 Å². The molecule has 2 aliphatic rings. The Morgan fingerprint density at radius 2 is 1.59 bits per heavy atom. The standard InChI is InChI=1S/C23H24N2O4/c26-21(18-12-13-19(18)23(28)29)24-17-10-8-16(9-11-17)22(27)25-14-4-7-20(25)15-5-2-1-3-6-15/h1-3,5-6,8-11,18-20H,4,7,12-14H2,(H,24,26)(H,28,29). The van der Waals surface area contributed by atoms with Crippen molar-refractivity contribution in [2.75, 3.05) is 11.9 Å². The number of carboxylic acids is 1. The minimum Gasteiger partial charge on any atom is -0.481 e. The first-order valence-electron chi connectivity index (χ1n) is 10.0. The van der Waals surface area contributed by atoms with Crippen molar-refractivity contribution in [1.29, 1.82) is 0 Å². The fraction of sp³-hybridized carbons (Fsp3) is 0.348. The summed E-state index contributed by atoms with van der Waals surface area (Å²) >= 11 is 0. The van der Waals surface area contributed by atoms with Gasteiger partial charge in [-0.15, -0.1) is 0 Å². The van der Waals surface area contributed by atoms with Crippen molar-refractivity contribution in [3.8, 4) is 0 Å². The summed E-state index contributed by atoms with van der Waals surface area (Å²) in [4.78, 5) is 38.3. The molecule has 1 aliphatic carbocycles. The largest absolute Gasteiger partial charge is 0.481 e. The molecule has 150 valence electrons. The number of amides is 2. The molecular weight excluding hydrogens is 368 g/mol. The van der Waals surface area contributed by atoms with E-state index in [0.29, 0.717) is 24.1 Å². The second-order valence-corrected chi connectivity index (χ2v) is 7.76. The Morgan fingerprint density at radius 3 is 2.21 bits per heavy atom. The third kappa shape index (κ3) is 3.88. The minimum atomic E-state index is -0.920. The smallest absolute Gasteiger partial charge is 0.307 e. The maximum atomic E-state index is 13.0. The van der Waals surface area contributed by atoms with Crippen molar-refractivity contribution < 1.29 is 19.5 Å². The monoisotopic (exact) mass is 392 g/mol. The van der Waals surface area contributed by atoms with E-state index in [0.717, 1.165) is 24.9 Å². The number of hydrogen-bond donors (Lipinski definition) is 2. The van der Waals surface area contributed by atoms with Crippen molar-refractivity contribution in [2.24, 2.45) is 11.8 Å². The summed E-state index contributed by atoms with van der Waals surface area (Å²) in [7, 11) is 0. The number of anilines is 1. The lowest BCUT2D eigenvalue weighted by Gasteiger charge is -2.31. The first kappa shape index (κ1) is 19.2. The SMILES string of the molecule is O=C(O)C1CCC1C(=O)Nc1ccc(C(=O)N2CCCC2c2ccccc2)cc1. The van der Waals surface area contributed by atoms with Gasteiger partial charge in [0.2, 0.25) is 5.91 Å². The van der Waals surface area contributed by atoms with Gasteiger partial charge >= 0.3 is 5.97 Å². The molecule has 6 heteroatoms. The summed E-state index contributed by atoms with van der Waals surface area (Å²) in [6, 6.07) is 17.0. The second-order valence-electron chi connectivity index (χ2n) is 7.76. The zero-order chi connectivity index (χ0) is 20.4. The molecule has 1 saturated carbocycles. The summed E-state index contributed by atoms with van der Waals surface area (Å²) < 4.78 is 0. The Balaban J connectivity index is 1.42.